The van der Waals surface area contributed by atoms with Gasteiger partial charge in [-0.2, -0.15) is 13.2 Å². The Bertz CT molecular complexity index is 392. The van der Waals surface area contributed by atoms with Gasteiger partial charge in [0.1, 0.15) is 0 Å². The second kappa shape index (κ2) is 4.26. The highest BCUT2D eigenvalue weighted by Crippen LogP contribution is 2.39. The normalized spacial score (nSPS) is 13.9. The van der Waals surface area contributed by atoms with Crippen molar-refractivity contribution < 1.29 is 22.7 Å². The molecule has 3 nitrogen and oxygen atoms in total. The third-order valence-corrected chi connectivity index (χ3v) is 2.10. The molecule has 0 radical (unpaired) electrons. The molecule has 1 atom stereocenters. The van der Waals surface area contributed by atoms with Gasteiger partial charge in [0.25, 0.3) is 0 Å². The fourth-order valence-corrected chi connectivity index (χ4v) is 1.32. The van der Waals surface area contributed by atoms with Crippen molar-refractivity contribution in [1.82, 2.24) is 0 Å². The molecule has 7 heteroatoms. The summed E-state index contributed by atoms with van der Waals surface area (Å²) in [6, 6.07) is -0.211. The van der Waals surface area contributed by atoms with Gasteiger partial charge < -0.3 is 16.6 Å². The van der Waals surface area contributed by atoms with Crippen LogP contribution in [0.4, 0.5) is 17.6 Å². The molecule has 1 aromatic rings. The first kappa shape index (κ1) is 12.7. The third-order valence-electron chi connectivity index (χ3n) is 2.10. The van der Waals surface area contributed by atoms with E-state index in [9.17, 15) is 22.7 Å². The average Bonchev–Trinajstić information content (AvgIpc) is 2.19. The molecular weight excluding hydrogens is 228 g/mol. The van der Waals surface area contributed by atoms with E-state index in [4.69, 9.17) is 11.5 Å². The molecule has 0 bridgehead atoms. The van der Waals surface area contributed by atoms with Gasteiger partial charge in [-0.05, 0) is 12.1 Å². The summed E-state index contributed by atoms with van der Waals surface area (Å²) in [5, 5.41) is 9.23. The lowest BCUT2D eigenvalue weighted by atomic mass is 9.99. The van der Waals surface area contributed by atoms with Gasteiger partial charge in [-0.1, -0.05) is 0 Å². The standard InChI is InChI=1S/C9H10F4N2O/c10-5-2-1-4(9(11,12)13)7(8(5)16)6(15)3-14/h1-2,6,16H,3,14-15H2/t6-/m1/s1. The van der Waals surface area contributed by atoms with Crippen LogP contribution in [0, 0.1) is 5.82 Å². The van der Waals surface area contributed by atoms with E-state index >= 15 is 0 Å². The molecule has 5 N–H and O–H groups in total. The zero-order chi connectivity index (χ0) is 12.5. The number of halogens is 4. The molecule has 0 spiro atoms. The van der Waals surface area contributed by atoms with E-state index in [2.05, 4.69) is 0 Å². The fourth-order valence-electron chi connectivity index (χ4n) is 1.32. The summed E-state index contributed by atoms with van der Waals surface area (Å²) in [5.74, 6) is -2.26. The molecule has 1 aromatic carbocycles. The monoisotopic (exact) mass is 238 g/mol. The zero-order valence-electron chi connectivity index (χ0n) is 8.05. The molecular formula is C9H10F4N2O. The summed E-state index contributed by atoms with van der Waals surface area (Å²) < 4.78 is 50.5. The van der Waals surface area contributed by atoms with Crippen molar-refractivity contribution in [2.75, 3.05) is 6.54 Å². The molecule has 0 aliphatic heterocycles. The number of hydrogen-bond acceptors (Lipinski definition) is 3. The molecule has 0 fully saturated rings. The van der Waals surface area contributed by atoms with Crippen molar-refractivity contribution >= 4 is 0 Å². The van der Waals surface area contributed by atoms with Crippen LogP contribution in [0.15, 0.2) is 12.1 Å². The molecule has 0 amide bonds. The van der Waals surface area contributed by atoms with E-state index in [0.717, 1.165) is 0 Å². The maximum atomic E-state index is 12.9. The summed E-state index contributed by atoms with van der Waals surface area (Å²) >= 11 is 0. The lowest BCUT2D eigenvalue weighted by Gasteiger charge is -2.18. The van der Waals surface area contributed by atoms with Crippen LogP contribution in [-0.4, -0.2) is 11.7 Å². The quantitative estimate of drug-likeness (QED) is 0.684. The van der Waals surface area contributed by atoms with Crippen LogP contribution in [0.25, 0.3) is 0 Å². The maximum Gasteiger partial charge on any atom is 0.416 e. The topological polar surface area (TPSA) is 72.3 Å². The Hall–Kier alpha value is -1.34. The first-order valence-corrected chi connectivity index (χ1v) is 4.33. The number of hydrogen-bond donors (Lipinski definition) is 3. The van der Waals surface area contributed by atoms with Crippen molar-refractivity contribution in [3.63, 3.8) is 0 Å². The second-order valence-corrected chi connectivity index (χ2v) is 3.20. The molecule has 1 rings (SSSR count). The molecule has 0 saturated carbocycles. The Balaban J connectivity index is 3.45. The Morgan fingerprint density at radius 3 is 2.31 bits per heavy atom. The highest BCUT2D eigenvalue weighted by molar-refractivity contribution is 5.44. The Morgan fingerprint density at radius 1 is 1.31 bits per heavy atom. The van der Waals surface area contributed by atoms with Crippen molar-refractivity contribution in [2.45, 2.75) is 12.2 Å². The Morgan fingerprint density at radius 2 is 1.88 bits per heavy atom. The van der Waals surface area contributed by atoms with Gasteiger partial charge in [-0.3, -0.25) is 0 Å². The molecule has 0 saturated heterocycles. The van der Waals surface area contributed by atoms with Gasteiger partial charge in [0.05, 0.1) is 5.56 Å². The van der Waals surface area contributed by atoms with Crippen molar-refractivity contribution in [1.29, 1.82) is 0 Å². The number of aromatic hydroxyl groups is 1. The molecule has 90 valence electrons. The van der Waals surface area contributed by atoms with E-state index < -0.39 is 34.9 Å². The lowest BCUT2D eigenvalue weighted by Crippen LogP contribution is -2.24. The van der Waals surface area contributed by atoms with E-state index in [0.29, 0.717) is 12.1 Å². The van der Waals surface area contributed by atoms with Crippen molar-refractivity contribution in [3.8, 4) is 5.75 Å². The van der Waals surface area contributed by atoms with E-state index in [-0.39, 0.29) is 6.54 Å². The van der Waals surface area contributed by atoms with E-state index in [1.165, 1.54) is 0 Å². The molecule has 0 heterocycles. The second-order valence-electron chi connectivity index (χ2n) is 3.20. The van der Waals surface area contributed by atoms with E-state index in [1.54, 1.807) is 0 Å². The van der Waals surface area contributed by atoms with Crippen LogP contribution in [-0.2, 0) is 6.18 Å². The predicted octanol–water partition coefficient (Wildman–Crippen LogP) is 1.51. The van der Waals surface area contributed by atoms with Crippen LogP contribution in [0.3, 0.4) is 0 Å². The third kappa shape index (κ3) is 2.25. The highest BCUT2D eigenvalue weighted by Gasteiger charge is 2.36. The van der Waals surface area contributed by atoms with Crippen LogP contribution < -0.4 is 11.5 Å². The smallest absolute Gasteiger partial charge is 0.416 e. The minimum atomic E-state index is -4.71. The summed E-state index contributed by atoms with van der Waals surface area (Å²) in [4.78, 5) is 0. The fraction of sp³-hybridized carbons (Fsp3) is 0.333. The first-order chi connectivity index (χ1) is 7.29. The van der Waals surface area contributed by atoms with Gasteiger partial charge in [0.15, 0.2) is 11.6 Å². The summed E-state index contributed by atoms with van der Waals surface area (Å²) in [6.45, 7) is -0.333. The van der Waals surface area contributed by atoms with Gasteiger partial charge in [0.2, 0.25) is 0 Å². The largest absolute Gasteiger partial charge is 0.505 e. The average molecular weight is 238 g/mol. The van der Waals surface area contributed by atoms with Crippen LogP contribution >= 0.6 is 0 Å². The molecule has 0 aromatic heterocycles. The number of benzene rings is 1. The summed E-state index contributed by atoms with van der Waals surface area (Å²) in [7, 11) is 0. The van der Waals surface area contributed by atoms with Crippen LogP contribution in [0.2, 0.25) is 0 Å². The SMILES string of the molecule is NC[C@@H](N)c1c(C(F)(F)F)ccc(F)c1O. The van der Waals surface area contributed by atoms with E-state index in [1.807, 2.05) is 0 Å². The number of phenols is 1. The van der Waals surface area contributed by atoms with Crippen LogP contribution in [0.5, 0.6) is 5.75 Å². The highest BCUT2D eigenvalue weighted by atomic mass is 19.4. The summed E-state index contributed by atoms with van der Waals surface area (Å²) in [6.07, 6.45) is -4.71. The minimum Gasteiger partial charge on any atom is -0.505 e. The Kier molecular flexibility index (Phi) is 3.39. The number of phenolic OH excluding ortho intramolecular Hbond substituents is 1. The molecule has 0 unspecified atom stereocenters. The van der Waals surface area contributed by atoms with Gasteiger partial charge in [-0.25, -0.2) is 4.39 Å². The number of alkyl halides is 3. The minimum absolute atomic E-state index is 0.333. The van der Waals surface area contributed by atoms with Crippen molar-refractivity contribution in [3.05, 3.63) is 29.1 Å². The zero-order valence-corrected chi connectivity index (χ0v) is 8.05. The maximum absolute atomic E-state index is 12.9. The molecule has 0 aliphatic rings. The lowest BCUT2D eigenvalue weighted by molar-refractivity contribution is -0.138. The molecule has 16 heavy (non-hydrogen) atoms. The van der Waals surface area contributed by atoms with Crippen LogP contribution in [0.1, 0.15) is 17.2 Å². The van der Waals surface area contributed by atoms with Gasteiger partial charge in [0, 0.05) is 18.2 Å². The Labute approximate surface area is 88.7 Å². The van der Waals surface area contributed by atoms with Gasteiger partial charge >= 0.3 is 6.18 Å². The first-order valence-electron chi connectivity index (χ1n) is 4.33. The summed E-state index contributed by atoms with van der Waals surface area (Å²) in [5.41, 5.74) is 8.53. The van der Waals surface area contributed by atoms with Crippen molar-refractivity contribution in [2.24, 2.45) is 11.5 Å². The predicted molar refractivity (Wildman–Crippen MR) is 49.0 cm³/mol. The number of rotatable bonds is 2. The van der Waals surface area contributed by atoms with Gasteiger partial charge in [-0.15, -0.1) is 0 Å². The molecule has 0 aliphatic carbocycles. The number of nitrogens with two attached hydrogens (primary N) is 2.